The molecule has 0 aliphatic rings. The topological polar surface area (TPSA) is 55.4 Å². The molecule has 1 N–H and O–H groups in total. The van der Waals surface area contributed by atoms with Gasteiger partial charge in [0.1, 0.15) is 11.9 Å². The number of ether oxygens (including phenoxy) is 1. The van der Waals surface area contributed by atoms with Crippen LogP contribution in [0.2, 0.25) is 0 Å². The van der Waals surface area contributed by atoms with Crippen molar-refractivity contribution in [2.45, 2.75) is 45.8 Å². The Morgan fingerprint density at radius 3 is 2.38 bits per heavy atom. The van der Waals surface area contributed by atoms with Gasteiger partial charge in [0.15, 0.2) is 0 Å². The van der Waals surface area contributed by atoms with Gasteiger partial charge in [-0.3, -0.25) is 0 Å². The summed E-state index contributed by atoms with van der Waals surface area (Å²) in [6, 6.07) is -0.449. The van der Waals surface area contributed by atoms with E-state index in [1.54, 1.807) is 20.8 Å². The maximum atomic E-state index is 11.1. The molecule has 0 rings (SSSR count). The van der Waals surface area contributed by atoms with E-state index in [-0.39, 0.29) is 0 Å². The molecule has 0 unspecified atom stereocenters. The molecule has 1 amide bonds. The van der Waals surface area contributed by atoms with E-state index in [4.69, 9.17) is 4.74 Å². The average Bonchev–Trinajstić information content (AvgIpc) is 1.96. The van der Waals surface area contributed by atoms with E-state index >= 15 is 0 Å². The third-order valence-corrected chi connectivity index (χ3v) is 1.31. The Morgan fingerprint density at radius 1 is 1.54 bits per heavy atom. The van der Waals surface area contributed by atoms with Gasteiger partial charge in [0.05, 0.1) is 6.04 Å². The summed E-state index contributed by atoms with van der Waals surface area (Å²) in [6.07, 6.45) is 0.721. The van der Waals surface area contributed by atoms with Crippen LogP contribution in [0.1, 0.15) is 34.1 Å². The predicted octanol–water partition coefficient (Wildman–Crippen LogP) is 1.49. The summed E-state index contributed by atoms with van der Waals surface area (Å²) in [4.78, 5) is 21.5. The average molecular weight is 187 g/mol. The molecule has 13 heavy (non-hydrogen) atoms. The molecular formula is C9H17NO3. The third-order valence-electron chi connectivity index (χ3n) is 1.31. The van der Waals surface area contributed by atoms with Crippen LogP contribution in [0.5, 0.6) is 0 Å². The Bertz CT molecular complexity index is 184. The second-order valence-electron chi connectivity index (χ2n) is 3.80. The second-order valence-corrected chi connectivity index (χ2v) is 3.80. The number of nitrogens with one attached hydrogen (secondary N) is 1. The van der Waals surface area contributed by atoms with Crippen molar-refractivity contribution >= 4 is 12.4 Å². The summed E-state index contributed by atoms with van der Waals surface area (Å²) in [5, 5.41) is 2.44. The molecular weight excluding hydrogens is 170 g/mol. The second kappa shape index (κ2) is 4.84. The van der Waals surface area contributed by atoms with Gasteiger partial charge < -0.3 is 14.8 Å². The molecule has 1 atom stereocenters. The monoisotopic (exact) mass is 187 g/mol. The normalized spacial score (nSPS) is 13.2. The first kappa shape index (κ1) is 11.9. The molecule has 0 fully saturated rings. The number of carbonyl (C=O) groups is 2. The van der Waals surface area contributed by atoms with Crippen molar-refractivity contribution in [3.05, 3.63) is 0 Å². The van der Waals surface area contributed by atoms with Crippen molar-refractivity contribution in [3.8, 4) is 0 Å². The minimum absolute atomic E-state index is 0.449. The zero-order valence-electron chi connectivity index (χ0n) is 8.59. The summed E-state index contributed by atoms with van der Waals surface area (Å²) in [5.41, 5.74) is -0.523. The van der Waals surface area contributed by atoms with Crippen LogP contribution in [0.4, 0.5) is 4.79 Å². The van der Waals surface area contributed by atoms with E-state index in [1.165, 1.54) is 0 Å². The van der Waals surface area contributed by atoms with Crippen molar-refractivity contribution in [2.24, 2.45) is 0 Å². The van der Waals surface area contributed by atoms with E-state index < -0.39 is 17.7 Å². The quantitative estimate of drug-likeness (QED) is 0.681. The molecule has 0 aromatic heterocycles. The van der Waals surface area contributed by atoms with Gasteiger partial charge in [-0.15, -0.1) is 0 Å². The maximum absolute atomic E-state index is 11.1. The molecule has 0 aliphatic heterocycles. The first-order valence-corrected chi connectivity index (χ1v) is 4.34. The molecule has 0 saturated carbocycles. The number of alkyl carbamates (subject to hydrolysis) is 1. The summed E-state index contributed by atoms with van der Waals surface area (Å²) in [7, 11) is 0. The number of hydrogen-bond donors (Lipinski definition) is 1. The van der Waals surface area contributed by atoms with Crippen LogP contribution in [0.25, 0.3) is 0 Å². The number of hydrogen-bond acceptors (Lipinski definition) is 3. The Kier molecular flexibility index (Phi) is 4.45. The highest BCUT2D eigenvalue weighted by atomic mass is 16.6. The number of carbonyl (C=O) groups excluding carboxylic acids is 2. The van der Waals surface area contributed by atoms with Crippen LogP contribution >= 0.6 is 0 Å². The molecule has 0 aromatic rings. The van der Waals surface area contributed by atoms with Gasteiger partial charge in [-0.2, -0.15) is 0 Å². The van der Waals surface area contributed by atoms with E-state index in [1.807, 2.05) is 6.92 Å². The van der Waals surface area contributed by atoms with Gasteiger partial charge in [0, 0.05) is 0 Å². The van der Waals surface area contributed by atoms with Gasteiger partial charge >= 0.3 is 6.09 Å². The first-order valence-electron chi connectivity index (χ1n) is 4.34. The van der Waals surface area contributed by atoms with E-state index in [0.29, 0.717) is 12.7 Å². The van der Waals surface area contributed by atoms with Crippen molar-refractivity contribution < 1.29 is 14.3 Å². The van der Waals surface area contributed by atoms with Crippen LogP contribution in [0.3, 0.4) is 0 Å². The van der Waals surface area contributed by atoms with Crippen LogP contribution < -0.4 is 5.32 Å². The summed E-state index contributed by atoms with van der Waals surface area (Å²) in [5.74, 6) is 0. The molecule has 4 nitrogen and oxygen atoms in total. The zero-order chi connectivity index (χ0) is 10.5. The lowest BCUT2D eigenvalue weighted by atomic mass is 10.2. The lowest BCUT2D eigenvalue weighted by molar-refractivity contribution is -0.109. The highest BCUT2D eigenvalue weighted by molar-refractivity contribution is 5.73. The van der Waals surface area contributed by atoms with Crippen molar-refractivity contribution in [1.29, 1.82) is 0 Å². The molecule has 4 heteroatoms. The summed E-state index contributed by atoms with van der Waals surface area (Å²) < 4.78 is 4.96. The Labute approximate surface area is 78.6 Å². The zero-order valence-corrected chi connectivity index (χ0v) is 8.59. The van der Waals surface area contributed by atoms with Crippen molar-refractivity contribution in [2.75, 3.05) is 0 Å². The number of amides is 1. The summed E-state index contributed by atoms with van der Waals surface area (Å²) >= 11 is 0. The lowest BCUT2D eigenvalue weighted by Crippen LogP contribution is -2.39. The summed E-state index contributed by atoms with van der Waals surface area (Å²) in [6.45, 7) is 7.13. The SMILES string of the molecule is CC[C@H](C=O)NC(=O)OC(C)(C)C. The standard InChI is InChI=1S/C9H17NO3/c1-5-7(6-11)10-8(12)13-9(2,3)4/h6-7H,5H2,1-4H3,(H,10,12)/t7-/m1/s1. The van der Waals surface area contributed by atoms with Crippen LogP contribution in [-0.2, 0) is 9.53 Å². The van der Waals surface area contributed by atoms with Gasteiger partial charge in [-0.1, -0.05) is 6.92 Å². The van der Waals surface area contributed by atoms with Gasteiger partial charge in [-0.25, -0.2) is 4.79 Å². The van der Waals surface area contributed by atoms with E-state index in [9.17, 15) is 9.59 Å². The minimum atomic E-state index is -0.550. The Morgan fingerprint density at radius 2 is 2.08 bits per heavy atom. The highest BCUT2D eigenvalue weighted by Crippen LogP contribution is 2.06. The first-order chi connectivity index (χ1) is 5.89. The van der Waals surface area contributed by atoms with Crippen LogP contribution in [0.15, 0.2) is 0 Å². The van der Waals surface area contributed by atoms with E-state index in [2.05, 4.69) is 5.32 Å². The van der Waals surface area contributed by atoms with Crippen LogP contribution in [0, 0.1) is 0 Å². The fourth-order valence-electron chi connectivity index (χ4n) is 0.691. The molecule has 0 heterocycles. The van der Waals surface area contributed by atoms with E-state index in [0.717, 1.165) is 0 Å². The molecule has 0 saturated heterocycles. The number of rotatable bonds is 3. The molecule has 0 aliphatic carbocycles. The fourth-order valence-corrected chi connectivity index (χ4v) is 0.691. The maximum Gasteiger partial charge on any atom is 0.408 e. The molecule has 0 radical (unpaired) electrons. The Balaban J connectivity index is 3.93. The minimum Gasteiger partial charge on any atom is -0.444 e. The highest BCUT2D eigenvalue weighted by Gasteiger charge is 2.17. The fraction of sp³-hybridized carbons (Fsp3) is 0.778. The largest absolute Gasteiger partial charge is 0.444 e. The van der Waals surface area contributed by atoms with Gasteiger partial charge in [0.2, 0.25) is 0 Å². The predicted molar refractivity (Wildman–Crippen MR) is 49.5 cm³/mol. The smallest absolute Gasteiger partial charge is 0.408 e. The van der Waals surface area contributed by atoms with Gasteiger partial charge in [0.25, 0.3) is 0 Å². The molecule has 76 valence electrons. The van der Waals surface area contributed by atoms with Crippen LogP contribution in [-0.4, -0.2) is 24.0 Å². The molecule has 0 spiro atoms. The number of aldehydes is 1. The van der Waals surface area contributed by atoms with Crippen molar-refractivity contribution in [1.82, 2.24) is 5.32 Å². The molecule has 0 aromatic carbocycles. The third kappa shape index (κ3) is 6.13. The van der Waals surface area contributed by atoms with Gasteiger partial charge in [-0.05, 0) is 27.2 Å². The van der Waals surface area contributed by atoms with Crippen molar-refractivity contribution in [3.63, 3.8) is 0 Å². The molecule has 0 bridgehead atoms. The Hall–Kier alpha value is -1.06. The lowest BCUT2D eigenvalue weighted by Gasteiger charge is -2.20.